The first-order valence-electron chi connectivity index (χ1n) is 8.86. The third-order valence-electron chi connectivity index (χ3n) is 5.17. The van der Waals surface area contributed by atoms with Crippen molar-refractivity contribution in [1.29, 1.82) is 0 Å². The van der Waals surface area contributed by atoms with Gasteiger partial charge in [-0.2, -0.15) is 0 Å². The highest BCUT2D eigenvalue weighted by Gasteiger charge is 2.26. The Morgan fingerprint density at radius 3 is 2.63 bits per heavy atom. The molecule has 0 radical (unpaired) electrons. The normalized spacial score (nSPS) is 20.0. The molecular weight excluding hydrogens is 365 g/mol. The minimum atomic E-state index is -1.20. The second-order valence-electron chi connectivity index (χ2n) is 7.28. The van der Waals surface area contributed by atoms with E-state index >= 15 is 0 Å². The van der Waals surface area contributed by atoms with Gasteiger partial charge in [-0.15, -0.1) is 0 Å². The molecule has 142 valence electrons. The van der Waals surface area contributed by atoms with Crippen LogP contribution in [0.3, 0.4) is 0 Å². The van der Waals surface area contributed by atoms with Gasteiger partial charge in [-0.3, -0.25) is 9.79 Å². The fourth-order valence-electron chi connectivity index (χ4n) is 3.14. The van der Waals surface area contributed by atoms with Crippen LogP contribution in [-0.2, 0) is 10.2 Å². The summed E-state index contributed by atoms with van der Waals surface area (Å²) in [7, 11) is 0. The largest absolute Gasteiger partial charge is 0.372 e. The van der Waals surface area contributed by atoms with Crippen molar-refractivity contribution < 1.29 is 9.18 Å². The quantitative estimate of drug-likeness (QED) is 0.759. The predicted octanol–water partition coefficient (Wildman–Crippen LogP) is 4.25. The van der Waals surface area contributed by atoms with Crippen LogP contribution < -0.4 is 10.6 Å². The van der Waals surface area contributed by atoms with E-state index in [1.165, 1.54) is 11.8 Å². The lowest BCUT2D eigenvalue weighted by Gasteiger charge is -2.31. The van der Waals surface area contributed by atoms with Gasteiger partial charge in [0, 0.05) is 23.9 Å². The molecule has 2 N–H and O–H groups in total. The van der Waals surface area contributed by atoms with Gasteiger partial charge in [0.05, 0.1) is 12.1 Å². The lowest BCUT2D eigenvalue weighted by Crippen LogP contribution is -2.29. The molecule has 2 aliphatic rings. The third kappa shape index (κ3) is 4.14. The molecule has 0 aromatic heterocycles. The summed E-state index contributed by atoms with van der Waals surface area (Å²) in [5.41, 5.74) is 3.53. The maximum absolute atomic E-state index is 13.7. The van der Waals surface area contributed by atoms with Crippen LogP contribution >= 0.6 is 11.6 Å². The summed E-state index contributed by atoms with van der Waals surface area (Å²) >= 11 is 5.96. The number of rotatable bonds is 4. The van der Waals surface area contributed by atoms with Crippen molar-refractivity contribution in [3.8, 4) is 0 Å². The number of carbonyl (C=O) groups is 1. The van der Waals surface area contributed by atoms with E-state index in [9.17, 15) is 9.18 Å². The van der Waals surface area contributed by atoms with E-state index in [1.54, 1.807) is 6.92 Å². The number of dihydropyridines is 2. The summed E-state index contributed by atoms with van der Waals surface area (Å²) in [5, 5.41) is 6.60. The first-order chi connectivity index (χ1) is 12.8. The van der Waals surface area contributed by atoms with Crippen LogP contribution in [0, 0.1) is 0 Å². The lowest BCUT2D eigenvalue weighted by molar-refractivity contribution is -0.112. The molecule has 1 atom stereocenters. The third-order valence-corrected chi connectivity index (χ3v) is 5.43. The van der Waals surface area contributed by atoms with Crippen LogP contribution in [0.25, 0.3) is 0 Å². The predicted molar refractivity (Wildman–Crippen MR) is 109 cm³/mol. The Balaban J connectivity index is 1.75. The zero-order valence-corrected chi connectivity index (χ0v) is 16.4. The first kappa shape index (κ1) is 19.4. The van der Waals surface area contributed by atoms with Crippen molar-refractivity contribution in [3.63, 3.8) is 0 Å². The van der Waals surface area contributed by atoms with Gasteiger partial charge in [0.1, 0.15) is 11.3 Å². The summed E-state index contributed by atoms with van der Waals surface area (Å²) < 4.78 is 13.7. The number of hydrogen-bond acceptors (Lipinski definition) is 3. The van der Waals surface area contributed by atoms with Gasteiger partial charge in [-0.1, -0.05) is 43.7 Å². The Bertz CT molecular complexity index is 866. The smallest absolute Gasteiger partial charge is 0.257 e. The molecule has 27 heavy (non-hydrogen) atoms. The number of hydrogen-bond donors (Lipinski definition) is 2. The van der Waals surface area contributed by atoms with Crippen LogP contribution in [0.4, 0.5) is 10.1 Å². The summed E-state index contributed by atoms with van der Waals surface area (Å²) in [6, 6.07) is 7.70. The molecule has 0 bridgehead atoms. The summed E-state index contributed by atoms with van der Waals surface area (Å²) in [6.07, 6.45) is 4.15. The molecule has 1 aromatic carbocycles. The molecule has 2 heterocycles. The molecule has 1 unspecified atom stereocenters. The second kappa shape index (κ2) is 7.69. The number of carbonyl (C=O) groups excluding carboxylic acids is 1. The second-order valence-corrected chi connectivity index (χ2v) is 7.68. The number of anilines is 1. The van der Waals surface area contributed by atoms with Crippen molar-refractivity contribution in [3.05, 3.63) is 63.9 Å². The number of allylic oxidation sites excluding steroid dienone is 2. The fraction of sp³-hybridized carbons (Fsp3) is 0.333. The van der Waals surface area contributed by atoms with Gasteiger partial charge < -0.3 is 10.6 Å². The highest BCUT2D eigenvalue weighted by Crippen LogP contribution is 2.33. The van der Waals surface area contributed by atoms with E-state index in [0.717, 1.165) is 5.56 Å². The molecule has 1 amide bonds. The summed E-state index contributed by atoms with van der Waals surface area (Å²) in [4.78, 5) is 16.3. The minimum absolute atomic E-state index is 0.0809. The lowest BCUT2D eigenvalue weighted by atomic mass is 9.77. The molecule has 4 nitrogen and oxygen atoms in total. The maximum Gasteiger partial charge on any atom is 0.257 e. The van der Waals surface area contributed by atoms with Gasteiger partial charge in [-0.05, 0) is 41.8 Å². The number of alkyl halides is 1. The molecule has 0 saturated heterocycles. The molecule has 0 aliphatic carbocycles. The number of benzene rings is 1. The van der Waals surface area contributed by atoms with Gasteiger partial charge >= 0.3 is 0 Å². The molecule has 6 heteroatoms. The van der Waals surface area contributed by atoms with Gasteiger partial charge in [-0.25, -0.2) is 4.39 Å². The van der Waals surface area contributed by atoms with E-state index in [-0.39, 0.29) is 17.9 Å². The van der Waals surface area contributed by atoms with E-state index < -0.39 is 6.17 Å². The summed E-state index contributed by atoms with van der Waals surface area (Å²) in [5.74, 6) is -0.343. The number of halogens is 2. The molecule has 3 rings (SSSR count). The van der Waals surface area contributed by atoms with Crippen molar-refractivity contribution in [2.24, 2.45) is 4.99 Å². The van der Waals surface area contributed by atoms with Gasteiger partial charge in [0.15, 0.2) is 0 Å². The van der Waals surface area contributed by atoms with Crippen molar-refractivity contribution in [2.45, 2.75) is 32.4 Å². The van der Waals surface area contributed by atoms with E-state index in [0.29, 0.717) is 28.5 Å². The fourth-order valence-corrected chi connectivity index (χ4v) is 3.27. The average Bonchev–Trinajstić information content (AvgIpc) is 2.64. The number of nitrogens with zero attached hydrogens (tertiary/aromatic N) is 1. The Labute approximate surface area is 163 Å². The molecule has 0 fully saturated rings. The van der Waals surface area contributed by atoms with E-state index in [1.807, 2.05) is 36.4 Å². The zero-order valence-electron chi connectivity index (χ0n) is 15.6. The van der Waals surface area contributed by atoms with Crippen LogP contribution in [0.15, 0.2) is 63.3 Å². The SMILES string of the molecule is CC1=C(C(=O)Nc2ccc(C(C)(C)C3=CC=C(Cl)NC3)cc2)C=NCC1F. The molecule has 1 aromatic rings. The Morgan fingerprint density at radius 2 is 2.00 bits per heavy atom. The number of amides is 1. The Kier molecular flexibility index (Phi) is 5.51. The average molecular weight is 388 g/mol. The molecule has 2 aliphatic heterocycles. The molecule has 0 saturated carbocycles. The van der Waals surface area contributed by atoms with Crippen LogP contribution in [0.5, 0.6) is 0 Å². The minimum Gasteiger partial charge on any atom is -0.372 e. The van der Waals surface area contributed by atoms with E-state index in [4.69, 9.17) is 11.6 Å². The molecule has 0 spiro atoms. The maximum atomic E-state index is 13.7. The summed E-state index contributed by atoms with van der Waals surface area (Å²) in [6.45, 7) is 6.70. The topological polar surface area (TPSA) is 53.5 Å². The highest BCUT2D eigenvalue weighted by atomic mass is 35.5. The van der Waals surface area contributed by atoms with Crippen LogP contribution in [0.1, 0.15) is 26.3 Å². The van der Waals surface area contributed by atoms with Crippen molar-refractivity contribution in [2.75, 3.05) is 18.4 Å². The van der Waals surface area contributed by atoms with Crippen LogP contribution in [0.2, 0.25) is 0 Å². The van der Waals surface area contributed by atoms with Crippen molar-refractivity contribution >= 4 is 29.4 Å². The zero-order chi connectivity index (χ0) is 19.6. The Hall–Kier alpha value is -2.40. The monoisotopic (exact) mass is 387 g/mol. The van der Waals surface area contributed by atoms with E-state index in [2.05, 4.69) is 29.5 Å². The first-order valence-corrected chi connectivity index (χ1v) is 9.24. The number of aliphatic imine (C=N–C) groups is 1. The highest BCUT2D eigenvalue weighted by molar-refractivity contribution is 6.29. The van der Waals surface area contributed by atoms with Crippen molar-refractivity contribution in [1.82, 2.24) is 5.32 Å². The number of nitrogens with one attached hydrogen (secondary N) is 2. The Morgan fingerprint density at radius 1 is 1.30 bits per heavy atom. The van der Waals surface area contributed by atoms with Crippen LogP contribution in [-0.4, -0.2) is 31.4 Å². The molecular formula is C21H23ClFN3O. The standard InChI is InChI=1S/C21H23ClFN3O/c1-13-17(11-24-12-18(13)23)20(27)26-16-7-4-14(5-8-16)21(2,3)15-6-9-19(22)25-10-15/h4-9,11,18,25H,10,12H2,1-3H3,(H,26,27). The van der Waals surface area contributed by atoms with Gasteiger partial charge in [0.25, 0.3) is 5.91 Å². The van der Waals surface area contributed by atoms with Gasteiger partial charge in [0.2, 0.25) is 0 Å².